The number of H-pyrrole nitrogens is 1. The fraction of sp³-hybridized carbons (Fsp3) is 0.250. The molecule has 1 aromatic heterocycles. The second-order valence-corrected chi connectivity index (χ2v) is 6.74. The summed E-state index contributed by atoms with van der Waals surface area (Å²) in [6.07, 6.45) is 1.20. The zero-order chi connectivity index (χ0) is 16.8. The maximum atomic E-state index is 12.2. The van der Waals surface area contributed by atoms with E-state index in [9.17, 15) is 4.79 Å². The lowest BCUT2D eigenvalue weighted by molar-refractivity contribution is 0.0256. The Labute approximate surface area is 145 Å². The van der Waals surface area contributed by atoms with Crippen molar-refractivity contribution in [2.75, 3.05) is 13.1 Å². The third kappa shape index (κ3) is 2.35. The monoisotopic (exact) mass is 333 g/mol. The molecule has 5 heteroatoms. The molecule has 0 aliphatic carbocycles. The van der Waals surface area contributed by atoms with Crippen LogP contribution in [0.5, 0.6) is 0 Å². The molecule has 2 aliphatic heterocycles. The van der Waals surface area contributed by atoms with Crippen molar-refractivity contribution in [1.29, 1.82) is 0 Å². The van der Waals surface area contributed by atoms with E-state index in [1.165, 1.54) is 12.0 Å². The van der Waals surface area contributed by atoms with Crippen LogP contribution in [-0.2, 0) is 11.4 Å². The van der Waals surface area contributed by atoms with Crippen LogP contribution in [0.3, 0.4) is 0 Å². The minimum atomic E-state index is -0.195. The van der Waals surface area contributed by atoms with Crippen LogP contribution < -0.4 is 10.8 Å². The molecule has 25 heavy (non-hydrogen) atoms. The number of carbonyl (C=O) groups excluding carboxylic acids is 1. The molecule has 0 bridgehead atoms. The van der Waals surface area contributed by atoms with Crippen molar-refractivity contribution < 1.29 is 9.63 Å². The quantitative estimate of drug-likeness (QED) is 0.675. The molecule has 5 nitrogen and oxygen atoms in total. The Kier molecular flexibility index (Phi) is 3.36. The number of nitrogens with one attached hydrogen (secondary N) is 3. The first-order valence-electron chi connectivity index (χ1n) is 8.68. The van der Waals surface area contributed by atoms with Crippen molar-refractivity contribution in [2.45, 2.75) is 18.9 Å². The zero-order valence-electron chi connectivity index (χ0n) is 13.8. The van der Waals surface area contributed by atoms with Crippen molar-refractivity contribution >= 4 is 16.8 Å². The molecule has 1 saturated heterocycles. The Morgan fingerprint density at radius 1 is 1.08 bits per heavy atom. The number of benzene rings is 2. The van der Waals surface area contributed by atoms with Gasteiger partial charge in [-0.15, -0.1) is 0 Å². The highest BCUT2D eigenvalue weighted by Crippen LogP contribution is 2.35. The van der Waals surface area contributed by atoms with Crippen molar-refractivity contribution in [3.05, 3.63) is 59.2 Å². The van der Waals surface area contributed by atoms with Gasteiger partial charge in [-0.1, -0.05) is 30.3 Å². The molecular weight excluding hydrogens is 314 g/mol. The third-order valence-electron chi connectivity index (χ3n) is 5.28. The lowest BCUT2D eigenvalue weighted by Gasteiger charge is -2.10. The normalized spacial score (nSPS) is 19.8. The Morgan fingerprint density at radius 3 is 2.76 bits per heavy atom. The van der Waals surface area contributed by atoms with Gasteiger partial charge in [0.05, 0.1) is 11.3 Å². The smallest absolute Gasteiger partial charge is 0.275 e. The summed E-state index contributed by atoms with van der Waals surface area (Å²) in [5, 5.41) is 4.37. The van der Waals surface area contributed by atoms with E-state index in [1.807, 2.05) is 18.2 Å². The lowest BCUT2D eigenvalue weighted by Crippen LogP contribution is -2.21. The minimum absolute atomic E-state index is 0.195. The lowest BCUT2D eigenvalue weighted by atomic mass is 9.96. The second-order valence-electron chi connectivity index (χ2n) is 6.74. The first kappa shape index (κ1) is 14.7. The highest BCUT2D eigenvalue weighted by atomic mass is 16.6. The number of carbonyl (C=O) groups is 1. The van der Waals surface area contributed by atoms with Gasteiger partial charge >= 0.3 is 0 Å². The van der Waals surface area contributed by atoms with E-state index in [0.717, 1.165) is 40.8 Å². The fourth-order valence-electron chi connectivity index (χ4n) is 3.99. The summed E-state index contributed by atoms with van der Waals surface area (Å²) in [5.41, 5.74) is 8.67. The highest BCUT2D eigenvalue weighted by Gasteiger charge is 2.23. The summed E-state index contributed by atoms with van der Waals surface area (Å²) in [6, 6.07) is 14.5. The Balaban J connectivity index is 1.62. The molecule has 0 unspecified atom stereocenters. The first-order chi connectivity index (χ1) is 12.3. The van der Waals surface area contributed by atoms with Crippen molar-refractivity contribution in [2.24, 2.45) is 0 Å². The van der Waals surface area contributed by atoms with Gasteiger partial charge in [-0.3, -0.25) is 9.63 Å². The van der Waals surface area contributed by atoms with E-state index in [4.69, 9.17) is 4.84 Å². The SMILES string of the molecule is O=C1NOCc2c(-c3ccc([C@H]4CCNC4)cc3)[nH]c3cccc1c23. The number of aromatic amines is 1. The Bertz CT molecular complexity index is 953. The van der Waals surface area contributed by atoms with Crippen LogP contribution in [0.25, 0.3) is 22.2 Å². The predicted octanol–water partition coefficient (Wildman–Crippen LogP) is 3.09. The summed E-state index contributed by atoms with van der Waals surface area (Å²) < 4.78 is 0. The van der Waals surface area contributed by atoms with Crippen LogP contribution in [-0.4, -0.2) is 24.0 Å². The van der Waals surface area contributed by atoms with Gasteiger partial charge in [0.25, 0.3) is 5.91 Å². The average molecular weight is 333 g/mol. The number of hydroxylamine groups is 1. The molecule has 0 radical (unpaired) electrons. The van der Waals surface area contributed by atoms with Crippen molar-refractivity contribution in [3.8, 4) is 11.3 Å². The zero-order valence-corrected chi connectivity index (χ0v) is 13.8. The Morgan fingerprint density at radius 2 is 1.96 bits per heavy atom. The molecule has 3 N–H and O–H groups in total. The van der Waals surface area contributed by atoms with E-state index in [2.05, 4.69) is 40.0 Å². The summed E-state index contributed by atoms with van der Waals surface area (Å²) >= 11 is 0. The molecule has 3 aromatic rings. The molecule has 1 atom stereocenters. The van der Waals surface area contributed by atoms with Crippen molar-refractivity contribution in [3.63, 3.8) is 0 Å². The first-order valence-corrected chi connectivity index (χ1v) is 8.68. The topological polar surface area (TPSA) is 66.2 Å². The molecule has 1 amide bonds. The van der Waals surface area contributed by atoms with E-state index < -0.39 is 0 Å². The molecule has 1 fully saturated rings. The van der Waals surface area contributed by atoms with Gasteiger partial charge in [0.1, 0.15) is 6.61 Å². The molecule has 5 rings (SSSR count). The molecule has 0 saturated carbocycles. The van der Waals surface area contributed by atoms with Crippen LogP contribution in [0.15, 0.2) is 42.5 Å². The third-order valence-corrected chi connectivity index (χ3v) is 5.28. The maximum Gasteiger partial charge on any atom is 0.275 e. The van der Waals surface area contributed by atoms with Crippen molar-refractivity contribution in [1.82, 2.24) is 15.8 Å². The van der Waals surface area contributed by atoms with Gasteiger partial charge in [0, 0.05) is 23.0 Å². The highest BCUT2D eigenvalue weighted by molar-refractivity contribution is 6.09. The van der Waals surface area contributed by atoms with E-state index >= 15 is 0 Å². The summed E-state index contributed by atoms with van der Waals surface area (Å²) in [6.45, 7) is 2.51. The number of hydrogen-bond acceptors (Lipinski definition) is 3. The van der Waals surface area contributed by atoms with Crippen LogP contribution in [0, 0.1) is 0 Å². The fourth-order valence-corrected chi connectivity index (χ4v) is 3.99. The van der Waals surface area contributed by atoms with Gasteiger partial charge < -0.3 is 10.3 Å². The van der Waals surface area contributed by atoms with E-state index in [-0.39, 0.29) is 5.91 Å². The van der Waals surface area contributed by atoms with E-state index in [0.29, 0.717) is 18.1 Å². The molecule has 0 spiro atoms. The maximum absolute atomic E-state index is 12.2. The number of amides is 1. The number of aromatic nitrogens is 1. The van der Waals surface area contributed by atoms with Crippen LogP contribution in [0.1, 0.15) is 33.8 Å². The van der Waals surface area contributed by atoms with E-state index in [1.54, 1.807) is 0 Å². The summed E-state index contributed by atoms with van der Waals surface area (Å²) in [7, 11) is 0. The van der Waals surface area contributed by atoms with Crippen LogP contribution >= 0.6 is 0 Å². The minimum Gasteiger partial charge on any atom is -0.354 e. The van der Waals surface area contributed by atoms with Gasteiger partial charge in [-0.2, -0.15) is 0 Å². The van der Waals surface area contributed by atoms with Crippen LogP contribution in [0.2, 0.25) is 0 Å². The molecule has 126 valence electrons. The van der Waals surface area contributed by atoms with Crippen LogP contribution in [0.4, 0.5) is 0 Å². The van der Waals surface area contributed by atoms with Gasteiger partial charge in [0.15, 0.2) is 0 Å². The number of rotatable bonds is 2. The molecule has 2 aromatic carbocycles. The standard InChI is InChI=1S/C20H19N3O2/c24-20-15-2-1-3-17-18(15)16(11-25-23-20)19(22-17)13-6-4-12(5-7-13)14-8-9-21-10-14/h1-7,14,21-22H,8-11H2,(H,23,24)/t14-/m0/s1. The molecular formula is C20H19N3O2. The molecule has 2 aliphatic rings. The summed E-state index contributed by atoms with van der Waals surface area (Å²) in [5.74, 6) is 0.411. The second kappa shape index (κ2) is 5.72. The van der Waals surface area contributed by atoms with Gasteiger partial charge in [-0.05, 0) is 42.1 Å². The Hall–Kier alpha value is -2.63. The average Bonchev–Trinajstić information content (AvgIpc) is 3.26. The van der Waals surface area contributed by atoms with Gasteiger partial charge in [0.2, 0.25) is 0 Å². The molecule has 3 heterocycles. The summed E-state index contributed by atoms with van der Waals surface area (Å²) in [4.78, 5) is 21.0. The van der Waals surface area contributed by atoms with Gasteiger partial charge in [-0.25, -0.2) is 5.48 Å². The predicted molar refractivity (Wildman–Crippen MR) is 96.2 cm³/mol. The largest absolute Gasteiger partial charge is 0.354 e. The number of hydrogen-bond donors (Lipinski definition) is 3.